The van der Waals surface area contributed by atoms with Crippen LogP contribution in [-0.2, 0) is 24.1 Å². The molecule has 12 heteroatoms. The Hall–Kier alpha value is -2.66. The van der Waals surface area contributed by atoms with Crippen LogP contribution >= 0.6 is 12.4 Å². The number of hydrogen-bond donors (Lipinski definition) is 2. The van der Waals surface area contributed by atoms with Crippen molar-refractivity contribution in [2.75, 3.05) is 5.32 Å². The molecule has 8 nitrogen and oxygen atoms in total. The maximum Gasteiger partial charge on any atom is 0.416 e. The fourth-order valence-electron chi connectivity index (χ4n) is 2.14. The zero-order valence-corrected chi connectivity index (χ0v) is 14.2. The van der Waals surface area contributed by atoms with Gasteiger partial charge in [0, 0.05) is 19.2 Å². The van der Waals surface area contributed by atoms with Crippen LogP contribution in [0.25, 0.3) is 0 Å². The molecule has 3 N–H and O–H groups in total. The van der Waals surface area contributed by atoms with Crippen molar-refractivity contribution >= 4 is 29.8 Å². The number of nitrogens with two attached hydrogens (primary N) is 1. The van der Waals surface area contributed by atoms with E-state index in [1.165, 1.54) is 17.6 Å². The molecule has 0 saturated carbocycles. The van der Waals surface area contributed by atoms with E-state index in [9.17, 15) is 28.1 Å². The van der Waals surface area contributed by atoms with Gasteiger partial charge < -0.3 is 21.2 Å². The Labute approximate surface area is 151 Å². The zero-order chi connectivity index (χ0) is 18.8. The third kappa shape index (κ3) is 5.17. The van der Waals surface area contributed by atoms with Crippen LogP contribution in [0.15, 0.2) is 24.4 Å². The van der Waals surface area contributed by atoms with Crippen molar-refractivity contribution in [1.29, 1.82) is 0 Å². The molecule has 0 aliphatic heterocycles. The van der Waals surface area contributed by atoms with Gasteiger partial charge in [0.15, 0.2) is 0 Å². The molecule has 0 spiro atoms. The van der Waals surface area contributed by atoms with Crippen molar-refractivity contribution < 1.29 is 22.9 Å². The SMILES string of the molecule is Cc1nc([N+](=O)[O-])cn1CC(=O)Nc1cc(CN)cc(C(F)(F)F)c1.Cl. The van der Waals surface area contributed by atoms with Gasteiger partial charge in [0.25, 0.3) is 0 Å². The highest BCUT2D eigenvalue weighted by Gasteiger charge is 2.31. The van der Waals surface area contributed by atoms with Gasteiger partial charge in [-0.15, -0.1) is 12.4 Å². The Kier molecular flexibility index (Phi) is 6.70. The Bertz CT molecular complexity index is 823. The van der Waals surface area contributed by atoms with Crippen molar-refractivity contribution in [1.82, 2.24) is 9.55 Å². The first kappa shape index (κ1) is 21.4. The molecular formula is C14H15ClF3N5O3. The van der Waals surface area contributed by atoms with E-state index >= 15 is 0 Å². The van der Waals surface area contributed by atoms with Crippen molar-refractivity contribution in [3.05, 3.63) is 51.5 Å². The summed E-state index contributed by atoms with van der Waals surface area (Å²) < 4.78 is 39.8. The molecule has 1 aromatic heterocycles. The molecule has 2 aromatic rings. The highest BCUT2D eigenvalue weighted by atomic mass is 35.5. The summed E-state index contributed by atoms with van der Waals surface area (Å²) in [6, 6.07) is 3.02. The lowest BCUT2D eigenvalue weighted by atomic mass is 10.1. The molecule has 26 heavy (non-hydrogen) atoms. The molecule has 1 amide bonds. The van der Waals surface area contributed by atoms with Crippen LogP contribution in [0.3, 0.4) is 0 Å². The summed E-state index contributed by atoms with van der Waals surface area (Å²) in [6.45, 7) is 1.01. The second-order valence-corrected chi connectivity index (χ2v) is 5.20. The number of hydrogen-bond acceptors (Lipinski definition) is 5. The fourth-order valence-corrected chi connectivity index (χ4v) is 2.14. The number of amides is 1. The number of rotatable bonds is 5. The molecule has 1 heterocycles. The molecule has 0 unspecified atom stereocenters. The summed E-state index contributed by atoms with van der Waals surface area (Å²) >= 11 is 0. The zero-order valence-electron chi connectivity index (χ0n) is 13.4. The lowest BCUT2D eigenvalue weighted by Gasteiger charge is -2.12. The van der Waals surface area contributed by atoms with E-state index in [2.05, 4.69) is 10.3 Å². The largest absolute Gasteiger partial charge is 0.416 e. The predicted octanol–water partition coefficient (Wildman–Crippen LogP) is 2.64. The van der Waals surface area contributed by atoms with Gasteiger partial charge >= 0.3 is 12.0 Å². The average Bonchev–Trinajstić information content (AvgIpc) is 2.87. The number of halogens is 4. The van der Waals surface area contributed by atoms with Gasteiger partial charge in [-0.2, -0.15) is 13.2 Å². The van der Waals surface area contributed by atoms with Gasteiger partial charge in [-0.1, -0.05) is 0 Å². The monoisotopic (exact) mass is 393 g/mol. The second kappa shape index (κ2) is 8.15. The molecule has 0 fully saturated rings. The highest BCUT2D eigenvalue weighted by Crippen LogP contribution is 2.32. The van der Waals surface area contributed by atoms with Gasteiger partial charge in [0.1, 0.15) is 12.7 Å². The molecular weight excluding hydrogens is 379 g/mol. The maximum absolute atomic E-state index is 12.9. The van der Waals surface area contributed by atoms with Gasteiger partial charge in [-0.05, 0) is 33.7 Å². The van der Waals surface area contributed by atoms with E-state index in [1.807, 2.05) is 0 Å². The first-order valence-electron chi connectivity index (χ1n) is 6.99. The molecule has 0 bridgehead atoms. The Morgan fingerprint density at radius 2 is 2.04 bits per heavy atom. The van der Waals surface area contributed by atoms with E-state index in [4.69, 9.17) is 5.73 Å². The van der Waals surface area contributed by atoms with Crippen LogP contribution in [0.1, 0.15) is 17.0 Å². The smallest absolute Gasteiger partial charge is 0.358 e. The average molecular weight is 394 g/mol. The number of carbonyl (C=O) groups is 1. The summed E-state index contributed by atoms with van der Waals surface area (Å²) in [4.78, 5) is 25.6. The lowest BCUT2D eigenvalue weighted by Crippen LogP contribution is -2.20. The fraction of sp³-hybridized carbons (Fsp3) is 0.286. The van der Waals surface area contributed by atoms with Crippen molar-refractivity contribution in [2.45, 2.75) is 26.2 Å². The number of aryl methyl sites for hydroxylation is 1. The Balaban J connectivity index is 0.00000338. The van der Waals surface area contributed by atoms with Crippen LogP contribution in [-0.4, -0.2) is 20.4 Å². The Morgan fingerprint density at radius 3 is 2.54 bits per heavy atom. The first-order valence-corrected chi connectivity index (χ1v) is 6.99. The minimum absolute atomic E-state index is 0. The summed E-state index contributed by atoms with van der Waals surface area (Å²) in [5.74, 6) is -0.846. The van der Waals surface area contributed by atoms with Crippen molar-refractivity contribution in [3.63, 3.8) is 0 Å². The first-order chi connectivity index (χ1) is 11.6. The number of aromatic nitrogens is 2. The van der Waals surface area contributed by atoms with Gasteiger partial charge in [0.05, 0.1) is 5.56 Å². The van der Waals surface area contributed by atoms with E-state index in [-0.39, 0.29) is 42.6 Å². The van der Waals surface area contributed by atoms with Crippen LogP contribution in [0.4, 0.5) is 24.7 Å². The number of nitro groups is 1. The number of alkyl halides is 3. The minimum atomic E-state index is -4.58. The summed E-state index contributed by atoms with van der Waals surface area (Å²) in [5, 5.41) is 13.0. The molecule has 0 atom stereocenters. The van der Waals surface area contributed by atoms with E-state index in [0.29, 0.717) is 0 Å². The Morgan fingerprint density at radius 1 is 1.38 bits per heavy atom. The highest BCUT2D eigenvalue weighted by molar-refractivity contribution is 5.90. The third-order valence-electron chi connectivity index (χ3n) is 3.30. The van der Waals surface area contributed by atoms with Crippen LogP contribution < -0.4 is 11.1 Å². The van der Waals surface area contributed by atoms with Crippen LogP contribution in [0.2, 0.25) is 0 Å². The van der Waals surface area contributed by atoms with E-state index < -0.39 is 28.4 Å². The van der Waals surface area contributed by atoms with Crippen molar-refractivity contribution in [3.8, 4) is 0 Å². The third-order valence-corrected chi connectivity index (χ3v) is 3.30. The van der Waals surface area contributed by atoms with Crippen LogP contribution in [0.5, 0.6) is 0 Å². The van der Waals surface area contributed by atoms with E-state index in [0.717, 1.165) is 18.3 Å². The molecule has 142 valence electrons. The summed E-state index contributed by atoms with van der Waals surface area (Å²) in [7, 11) is 0. The molecule has 0 aliphatic carbocycles. The number of nitrogens with zero attached hydrogens (tertiary/aromatic N) is 3. The maximum atomic E-state index is 12.9. The minimum Gasteiger partial charge on any atom is -0.358 e. The lowest BCUT2D eigenvalue weighted by molar-refractivity contribution is -0.389. The predicted molar refractivity (Wildman–Crippen MR) is 88.8 cm³/mol. The van der Waals surface area contributed by atoms with Crippen LogP contribution in [0, 0.1) is 17.0 Å². The molecule has 1 aromatic carbocycles. The topological polar surface area (TPSA) is 116 Å². The summed E-state index contributed by atoms with van der Waals surface area (Å²) in [6.07, 6.45) is -3.50. The van der Waals surface area contributed by atoms with Gasteiger partial charge in [-0.25, -0.2) is 0 Å². The number of nitrogens with one attached hydrogen (secondary N) is 1. The number of benzene rings is 1. The number of carbonyl (C=O) groups excluding carboxylic acids is 1. The van der Waals surface area contributed by atoms with E-state index in [1.54, 1.807) is 0 Å². The summed E-state index contributed by atoms with van der Waals surface area (Å²) in [5.41, 5.74) is 4.60. The normalized spacial score (nSPS) is 11.0. The molecule has 0 aliphatic rings. The molecule has 2 rings (SSSR count). The second-order valence-electron chi connectivity index (χ2n) is 5.20. The quantitative estimate of drug-likeness (QED) is 0.598. The standard InChI is InChI=1S/C14H14F3N5O3.ClH/c1-8-19-12(22(24)25)6-21(8)7-13(23)20-11-3-9(5-18)2-10(4-11)14(15,16)17;/h2-4,6H,5,7,18H2,1H3,(H,20,23);1H. The van der Waals surface area contributed by atoms with Gasteiger partial charge in [0.2, 0.25) is 11.7 Å². The van der Waals surface area contributed by atoms with Crippen molar-refractivity contribution in [2.24, 2.45) is 5.73 Å². The number of anilines is 1. The molecule has 0 radical (unpaired) electrons. The van der Waals surface area contributed by atoms with Gasteiger partial charge in [-0.3, -0.25) is 9.36 Å². The number of imidazole rings is 1. The molecule has 0 saturated heterocycles.